The van der Waals surface area contributed by atoms with Crippen LogP contribution in [0, 0.1) is 11.8 Å². The van der Waals surface area contributed by atoms with E-state index in [-0.39, 0.29) is 19.4 Å². The number of hydrogen-bond acceptors (Lipinski definition) is 4. The van der Waals surface area contributed by atoms with Crippen LogP contribution in [0.1, 0.15) is 23.0 Å². The molecule has 0 bridgehead atoms. The molecule has 0 aromatic heterocycles. The van der Waals surface area contributed by atoms with Crippen LogP contribution in [0.5, 0.6) is 0 Å². The van der Waals surface area contributed by atoms with Gasteiger partial charge in [0.15, 0.2) is 6.29 Å². The second-order valence-electron chi connectivity index (χ2n) is 5.41. The van der Waals surface area contributed by atoms with Crippen LogP contribution in [0.3, 0.4) is 0 Å². The molecule has 0 radical (unpaired) electrons. The molecule has 0 aliphatic carbocycles. The smallest absolute Gasteiger partial charge is 0.408 e. The Hall–Kier alpha value is -2.81. The number of hydrogen-bond donors (Lipinski definition) is 1. The Labute approximate surface area is 146 Å². The Balaban J connectivity index is 1.40. The molecule has 0 saturated carbocycles. The molecule has 0 atom stereocenters. The first-order valence-electron chi connectivity index (χ1n) is 8.08. The Morgan fingerprint density at radius 3 is 2.52 bits per heavy atom. The summed E-state index contributed by atoms with van der Waals surface area (Å²) in [5.41, 5.74) is 2.78. The fraction of sp³-hybridized carbons (Fsp3) is 0.250. The predicted octanol–water partition coefficient (Wildman–Crippen LogP) is 3.01. The van der Waals surface area contributed by atoms with Gasteiger partial charge in [0.1, 0.15) is 6.61 Å². The Bertz CT molecular complexity index is 741. The third-order valence-corrected chi connectivity index (χ3v) is 3.57. The number of rotatable bonds is 4. The van der Waals surface area contributed by atoms with Crippen LogP contribution in [-0.2, 0) is 20.8 Å². The second-order valence-corrected chi connectivity index (χ2v) is 5.41. The molecule has 2 aromatic rings. The van der Waals surface area contributed by atoms with Crippen molar-refractivity contribution in [3.8, 4) is 11.8 Å². The monoisotopic (exact) mass is 337 g/mol. The summed E-state index contributed by atoms with van der Waals surface area (Å²) < 4.78 is 16.0. The minimum atomic E-state index is -0.482. The van der Waals surface area contributed by atoms with E-state index in [1.54, 1.807) is 0 Å². The summed E-state index contributed by atoms with van der Waals surface area (Å²) in [7, 11) is 0. The first-order chi connectivity index (χ1) is 12.3. The zero-order valence-electron chi connectivity index (χ0n) is 13.7. The Morgan fingerprint density at radius 2 is 1.80 bits per heavy atom. The normalized spacial score (nSPS) is 13.8. The zero-order chi connectivity index (χ0) is 17.3. The molecule has 1 aliphatic rings. The first kappa shape index (κ1) is 17.0. The van der Waals surface area contributed by atoms with Crippen molar-refractivity contribution in [3.05, 3.63) is 71.3 Å². The lowest BCUT2D eigenvalue weighted by molar-refractivity contribution is -0.0441. The fourth-order valence-corrected chi connectivity index (χ4v) is 2.31. The van der Waals surface area contributed by atoms with Gasteiger partial charge in [0.05, 0.1) is 19.8 Å². The molecule has 25 heavy (non-hydrogen) atoms. The van der Waals surface area contributed by atoms with Gasteiger partial charge < -0.3 is 19.5 Å². The number of ether oxygens (including phenoxy) is 3. The van der Waals surface area contributed by atoms with Gasteiger partial charge in [-0.25, -0.2) is 4.79 Å². The van der Waals surface area contributed by atoms with Crippen molar-refractivity contribution in [2.75, 3.05) is 19.8 Å². The molecule has 0 spiro atoms. The van der Waals surface area contributed by atoms with Gasteiger partial charge in [-0.1, -0.05) is 54.3 Å². The van der Waals surface area contributed by atoms with Crippen LogP contribution < -0.4 is 5.32 Å². The fourth-order valence-electron chi connectivity index (χ4n) is 2.31. The number of amides is 1. The molecule has 1 N–H and O–H groups in total. The highest BCUT2D eigenvalue weighted by Crippen LogP contribution is 2.22. The van der Waals surface area contributed by atoms with Crippen LogP contribution in [-0.4, -0.2) is 25.9 Å². The number of carbonyl (C=O) groups excluding carboxylic acids is 1. The topological polar surface area (TPSA) is 56.8 Å². The highest BCUT2D eigenvalue weighted by atomic mass is 16.7. The van der Waals surface area contributed by atoms with Gasteiger partial charge in [-0.3, -0.25) is 0 Å². The molecule has 128 valence electrons. The first-order valence-corrected chi connectivity index (χ1v) is 8.08. The molecule has 1 fully saturated rings. The minimum absolute atomic E-state index is 0.226. The largest absolute Gasteiger partial charge is 0.445 e. The summed E-state index contributed by atoms with van der Waals surface area (Å²) in [6, 6.07) is 17.2. The van der Waals surface area contributed by atoms with E-state index in [1.165, 1.54) is 0 Å². The van der Waals surface area contributed by atoms with Gasteiger partial charge in [0.2, 0.25) is 0 Å². The molecule has 3 rings (SSSR count). The summed E-state index contributed by atoms with van der Waals surface area (Å²) in [6.45, 7) is 1.72. The third-order valence-electron chi connectivity index (χ3n) is 3.57. The summed E-state index contributed by atoms with van der Waals surface area (Å²) in [5.74, 6) is 5.89. The highest BCUT2D eigenvalue weighted by Gasteiger charge is 2.17. The van der Waals surface area contributed by atoms with Gasteiger partial charge in [0, 0.05) is 11.1 Å². The van der Waals surface area contributed by atoms with Gasteiger partial charge in [-0.05, 0) is 17.7 Å². The van der Waals surface area contributed by atoms with Gasteiger partial charge in [-0.2, -0.15) is 0 Å². The molecular weight excluding hydrogens is 318 g/mol. The van der Waals surface area contributed by atoms with Crippen molar-refractivity contribution < 1.29 is 19.0 Å². The summed E-state index contributed by atoms with van der Waals surface area (Å²) in [4.78, 5) is 11.6. The summed E-state index contributed by atoms with van der Waals surface area (Å²) >= 11 is 0. The van der Waals surface area contributed by atoms with Crippen molar-refractivity contribution in [1.82, 2.24) is 5.32 Å². The SMILES string of the molecule is O=C(NCC#Cc1ccc(C2OCCO2)cc1)OCc1ccccc1. The average Bonchev–Trinajstić information content (AvgIpc) is 3.20. The number of alkyl carbamates (subject to hydrolysis) is 1. The van der Waals surface area contributed by atoms with E-state index in [9.17, 15) is 4.79 Å². The van der Waals surface area contributed by atoms with Crippen molar-refractivity contribution >= 4 is 6.09 Å². The number of nitrogens with one attached hydrogen (secondary N) is 1. The average molecular weight is 337 g/mol. The maximum atomic E-state index is 11.6. The van der Waals surface area contributed by atoms with Crippen molar-refractivity contribution in [1.29, 1.82) is 0 Å². The molecule has 1 saturated heterocycles. The van der Waals surface area contributed by atoms with E-state index < -0.39 is 6.09 Å². The second kappa shape index (κ2) is 8.88. The molecular formula is C20H19NO4. The standard InChI is InChI=1S/C20H19NO4/c22-20(25-15-17-5-2-1-3-6-17)21-12-4-7-16-8-10-18(11-9-16)19-23-13-14-24-19/h1-3,5-6,8-11,19H,12-15H2,(H,21,22). The molecule has 2 aromatic carbocycles. The van der Waals surface area contributed by atoms with Crippen LogP contribution in [0.25, 0.3) is 0 Å². The van der Waals surface area contributed by atoms with Gasteiger partial charge in [0.25, 0.3) is 0 Å². The molecule has 5 heteroatoms. The van der Waals surface area contributed by atoms with E-state index in [2.05, 4.69) is 17.2 Å². The lowest BCUT2D eigenvalue weighted by atomic mass is 10.1. The van der Waals surface area contributed by atoms with Crippen molar-refractivity contribution in [3.63, 3.8) is 0 Å². The summed E-state index contributed by atoms with van der Waals surface area (Å²) in [5, 5.41) is 2.60. The Morgan fingerprint density at radius 1 is 1.08 bits per heavy atom. The van der Waals surface area contributed by atoms with Crippen molar-refractivity contribution in [2.45, 2.75) is 12.9 Å². The highest BCUT2D eigenvalue weighted by molar-refractivity contribution is 5.67. The van der Waals surface area contributed by atoms with Gasteiger partial charge >= 0.3 is 6.09 Å². The van der Waals surface area contributed by atoms with E-state index in [0.717, 1.165) is 16.7 Å². The van der Waals surface area contributed by atoms with E-state index in [1.807, 2.05) is 54.6 Å². The Kier molecular flexibility index (Phi) is 6.05. The molecule has 1 heterocycles. The van der Waals surface area contributed by atoms with Crippen LogP contribution in [0.4, 0.5) is 4.79 Å². The molecule has 1 aliphatic heterocycles. The van der Waals surface area contributed by atoms with Crippen molar-refractivity contribution in [2.24, 2.45) is 0 Å². The summed E-state index contributed by atoms with van der Waals surface area (Å²) in [6.07, 6.45) is -0.757. The maximum Gasteiger partial charge on any atom is 0.408 e. The quantitative estimate of drug-likeness (QED) is 0.872. The van der Waals surface area contributed by atoms with E-state index in [0.29, 0.717) is 13.2 Å². The molecule has 1 amide bonds. The van der Waals surface area contributed by atoms with Crippen LogP contribution >= 0.6 is 0 Å². The number of carbonyl (C=O) groups is 1. The van der Waals surface area contributed by atoms with E-state index in [4.69, 9.17) is 14.2 Å². The lowest BCUT2D eigenvalue weighted by Gasteiger charge is -2.08. The van der Waals surface area contributed by atoms with Crippen LogP contribution in [0.2, 0.25) is 0 Å². The predicted molar refractivity (Wildman–Crippen MR) is 92.6 cm³/mol. The van der Waals surface area contributed by atoms with Gasteiger partial charge in [-0.15, -0.1) is 0 Å². The van der Waals surface area contributed by atoms with Crippen LogP contribution in [0.15, 0.2) is 54.6 Å². The molecule has 0 unspecified atom stereocenters. The third kappa shape index (κ3) is 5.35. The molecule has 5 nitrogen and oxygen atoms in total. The van der Waals surface area contributed by atoms with E-state index >= 15 is 0 Å². The minimum Gasteiger partial charge on any atom is -0.445 e. The zero-order valence-corrected chi connectivity index (χ0v) is 13.7. The number of benzene rings is 2. The lowest BCUT2D eigenvalue weighted by Crippen LogP contribution is -2.24. The maximum absolute atomic E-state index is 11.6.